The van der Waals surface area contributed by atoms with Crippen LogP contribution in [0.4, 0.5) is 0 Å². The van der Waals surface area contributed by atoms with Crippen molar-refractivity contribution in [2.45, 2.75) is 44.1 Å². The van der Waals surface area contributed by atoms with Gasteiger partial charge in [-0.2, -0.15) is 5.10 Å². The molecule has 2 aromatic rings. The van der Waals surface area contributed by atoms with Gasteiger partial charge in [-0.05, 0) is 25.0 Å². The Kier molecular flexibility index (Phi) is 4.64. The number of nitrogens with zero attached hydrogens (tertiary/aromatic N) is 2. The minimum atomic E-state index is -1.16. The molecule has 0 aliphatic heterocycles. The van der Waals surface area contributed by atoms with Gasteiger partial charge in [-0.1, -0.05) is 43.9 Å². The Hall–Kier alpha value is -2.63. The first-order valence-electron chi connectivity index (χ1n) is 8.27. The van der Waals surface area contributed by atoms with E-state index in [4.69, 9.17) is 0 Å². The van der Waals surface area contributed by atoms with Crippen molar-refractivity contribution in [2.24, 2.45) is 0 Å². The summed E-state index contributed by atoms with van der Waals surface area (Å²) in [5.41, 5.74) is 0.0466. The maximum absolute atomic E-state index is 12.6. The highest BCUT2D eigenvalue weighted by atomic mass is 16.4. The largest absolute Gasteiger partial charge is 0.480 e. The van der Waals surface area contributed by atoms with E-state index < -0.39 is 11.5 Å². The molecule has 1 aromatic carbocycles. The molecule has 6 heteroatoms. The van der Waals surface area contributed by atoms with Crippen molar-refractivity contribution in [1.29, 1.82) is 0 Å². The van der Waals surface area contributed by atoms with Crippen LogP contribution < -0.4 is 5.32 Å². The Labute approximate surface area is 140 Å². The first kappa shape index (κ1) is 16.2. The fourth-order valence-electron chi connectivity index (χ4n) is 3.18. The number of amides is 1. The van der Waals surface area contributed by atoms with Gasteiger partial charge < -0.3 is 10.4 Å². The van der Waals surface area contributed by atoms with Gasteiger partial charge in [-0.3, -0.25) is 4.79 Å². The number of carbonyl (C=O) groups excluding carboxylic acids is 1. The van der Waals surface area contributed by atoms with Crippen molar-refractivity contribution in [3.8, 4) is 5.69 Å². The van der Waals surface area contributed by atoms with Gasteiger partial charge in [-0.15, -0.1) is 0 Å². The maximum atomic E-state index is 12.6. The van der Waals surface area contributed by atoms with Gasteiger partial charge in [0.1, 0.15) is 5.54 Å². The Morgan fingerprint density at radius 2 is 1.75 bits per heavy atom. The number of rotatable bonds is 4. The highest BCUT2D eigenvalue weighted by molar-refractivity contribution is 5.97. The van der Waals surface area contributed by atoms with Crippen molar-refractivity contribution < 1.29 is 14.7 Å². The minimum Gasteiger partial charge on any atom is -0.480 e. The smallest absolute Gasteiger partial charge is 0.329 e. The van der Waals surface area contributed by atoms with Gasteiger partial charge in [0.2, 0.25) is 0 Å². The Morgan fingerprint density at radius 1 is 1.08 bits per heavy atom. The zero-order valence-corrected chi connectivity index (χ0v) is 13.4. The Bertz CT molecular complexity index is 716. The lowest BCUT2D eigenvalue weighted by Gasteiger charge is -2.29. The summed E-state index contributed by atoms with van der Waals surface area (Å²) in [4.78, 5) is 24.3. The molecule has 0 atom stereocenters. The van der Waals surface area contributed by atoms with Crippen LogP contribution in [0.25, 0.3) is 5.69 Å². The van der Waals surface area contributed by atoms with Gasteiger partial charge in [0, 0.05) is 6.20 Å². The molecule has 0 bridgehead atoms. The van der Waals surface area contributed by atoms with E-state index in [9.17, 15) is 14.7 Å². The third-order valence-corrected chi connectivity index (χ3v) is 4.58. The van der Waals surface area contributed by atoms with Gasteiger partial charge in [0.25, 0.3) is 5.91 Å². The molecule has 0 radical (unpaired) electrons. The van der Waals surface area contributed by atoms with E-state index in [-0.39, 0.29) is 5.91 Å². The standard InChI is InChI=1S/C18H21N3O3/c22-16(20-18(17(23)24)10-6-1-2-7-11-18)14-12-19-21(13-14)15-8-4-3-5-9-15/h3-5,8-9,12-13H,1-2,6-7,10-11H2,(H,20,22)(H,23,24). The number of hydrogen-bond acceptors (Lipinski definition) is 3. The van der Waals surface area contributed by atoms with E-state index in [1.54, 1.807) is 10.9 Å². The van der Waals surface area contributed by atoms with E-state index in [0.717, 1.165) is 31.4 Å². The number of aliphatic carboxylic acids is 1. The average Bonchev–Trinajstić information content (AvgIpc) is 2.97. The van der Waals surface area contributed by atoms with Crippen LogP contribution in [0, 0.1) is 0 Å². The van der Waals surface area contributed by atoms with E-state index in [1.165, 1.54) is 6.20 Å². The number of carboxylic acids is 1. The van der Waals surface area contributed by atoms with Crippen molar-refractivity contribution in [3.05, 3.63) is 48.3 Å². The fourth-order valence-corrected chi connectivity index (χ4v) is 3.18. The summed E-state index contributed by atoms with van der Waals surface area (Å²) >= 11 is 0. The molecule has 24 heavy (non-hydrogen) atoms. The number of benzene rings is 1. The number of carbonyl (C=O) groups is 2. The zero-order valence-electron chi connectivity index (χ0n) is 13.4. The van der Waals surface area contributed by atoms with Gasteiger partial charge >= 0.3 is 5.97 Å². The lowest BCUT2D eigenvalue weighted by atomic mass is 9.90. The van der Waals surface area contributed by atoms with Crippen LogP contribution in [-0.4, -0.2) is 32.3 Å². The molecule has 1 heterocycles. The molecule has 0 spiro atoms. The lowest BCUT2D eigenvalue weighted by molar-refractivity contribution is -0.145. The Balaban J connectivity index is 1.79. The highest BCUT2D eigenvalue weighted by Gasteiger charge is 2.40. The Morgan fingerprint density at radius 3 is 2.38 bits per heavy atom. The molecule has 0 unspecified atom stereocenters. The van der Waals surface area contributed by atoms with Crippen LogP contribution in [0.15, 0.2) is 42.7 Å². The van der Waals surface area contributed by atoms with E-state index in [1.807, 2.05) is 30.3 Å². The summed E-state index contributed by atoms with van der Waals surface area (Å²) in [6.45, 7) is 0. The second-order valence-electron chi connectivity index (χ2n) is 6.26. The molecule has 1 aliphatic carbocycles. The summed E-state index contributed by atoms with van der Waals surface area (Å²) < 4.78 is 1.61. The first-order valence-corrected chi connectivity index (χ1v) is 8.27. The van der Waals surface area contributed by atoms with Crippen molar-refractivity contribution >= 4 is 11.9 Å². The van der Waals surface area contributed by atoms with Crippen LogP contribution in [0.5, 0.6) is 0 Å². The fraction of sp³-hybridized carbons (Fsp3) is 0.389. The maximum Gasteiger partial charge on any atom is 0.329 e. The first-order chi connectivity index (χ1) is 11.6. The molecule has 1 fully saturated rings. The zero-order chi connectivity index (χ0) is 17.0. The SMILES string of the molecule is O=C(NC1(C(=O)O)CCCCCC1)c1cnn(-c2ccccc2)c1. The molecule has 2 N–H and O–H groups in total. The predicted octanol–water partition coefficient (Wildman–Crippen LogP) is 2.78. The summed E-state index contributed by atoms with van der Waals surface area (Å²) in [6, 6.07) is 9.46. The normalized spacial score (nSPS) is 17.0. The van der Waals surface area contributed by atoms with Crippen LogP contribution in [0.2, 0.25) is 0 Å². The third kappa shape index (κ3) is 3.32. The molecule has 1 amide bonds. The monoisotopic (exact) mass is 327 g/mol. The quantitative estimate of drug-likeness (QED) is 0.846. The summed E-state index contributed by atoms with van der Waals surface area (Å²) in [5.74, 6) is -1.34. The van der Waals surface area contributed by atoms with Crippen LogP contribution >= 0.6 is 0 Å². The number of aromatic nitrogens is 2. The van der Waals surface area contributed by atoms with Gasteiger partial charge in [-0.25, -0.2) is 9.48 Å². The summed E-state index contributed by atoms with van der Waals surface area (Å²) in [6.07, 6.45) is 7.69. The minimum absolute atomic E-state index is 0.365. The van der Waals surface area contributed by atoms with Crippen molar-refractivity contribution in [3.63, 3.8) is 0 Å². The highest BCUT2D eigenvalue weighted by Crippen LogP contribution is 2.28. The lowest BCUT2D eigenvalue weighted by Crippen LogP contribution is -2.54. The molecule has 1 aromatic heterocycles. The van der Waals surface area contributed by atoms with E-state index in [2.05, 4.69) is 10.4 Å². The third-order valence-electron chi connectivity index (χ3n) is 4.58. The van der Waals surface area contributed by atoms with E-state index in [0.29, 0.717) is 18.4 Å². The molecule has 126 valence electrons. The molecule has 3 rings (SSSR count). The van der Waals surface area contributed by atoms with Gasteiger partial charge in [0.05, 0.1) is 17.4 Å². The number of hydrogen-bond donors (Lipinski definition) is 2. The molecule has 1 aliphatic rings. The topological polar surface area (TPSA) is 84.2 Å². The summed E-state index contributed by atoms with van der Waals surface area (Å²) in [5, 5.41) is 16.6. The molecule has 1 saturated carbocycles. The van der Waals surface area contributed by atoms with Crippen LogP contribution in [0.3, 0.4) is 0 Å². The number of para-hydroxylation sites is 1. The van der Waals surface area contributed by atoms with Crippen LogP contribution in [0.1, 0.15) is 48.9 Å². The molecular weight excluding hydrogens is 306 g/mol. The second kappa shape index (κ2) is 6.86. The van der Waals surface area contributed by atoms with Crippen molar-refractivity contribution in [2.75, 3.05) is 0 Å². The van der Waals surface area contributed by atoms with Crippen LogP contribution in [-0.2, 0) is 4.79 Å². The molecule has 6 nitrogen and oxygen atoms in total. The predicted molar refractivity (Wildman–Crippen MR) is 89.1 cm³/mol. The molecule has 0 saturated heterocycles. The summed E-state index contributed by atoms with van der Waals surface area (Å²) in [7, 11) is 0. The molecular formula is C18H21N3O3. The second-order valence-corrected chi connectivity index (χ2v) is 6.26. The number of carboxylic acid groups (broad SMARTS) is 1. The van der Waals surface area contributed by atoms with E-state index >= 15 is 0 Å². The van der Waals surface area contributed by atoms with Crippen molar-refractivity contribution in [1.82, 2.24) is 15.1 Å². The number of nitrogens with one attached hydrogen (secondary N) is 1. The average molecular weight is 327 g/mol. The van der Waals surface area contributed by atoms with Gasteiger partial charge in [0.15, 0.2) is 0 Å².